The normalized spacial score (nSPS) is 17.7. The molecule has 1 aromatic heterocycles. The molecule has 2 aliphatic rings. The summed E-state index contributed by atoms with van der Waals surface area (Å²) in [7, 11) is 2.96. The minimum Gasteiger partial charge on any atom is -0.465 e. The van der Waals surface area contributed by atoms with E-state index in [4.69, 9.17) is 14.5 Å². The third-order valence-corrected chi connectivity index (χ3v) is 6.87. The van der Waals surface area contributed by atoms with Crippen LogP contribution in [0.4, 0.5) is 5.82 Å². The smallest absolute Gasteiger partial charge is 0.337 e. The monoisotopic (exact) mass is 476 g/mol. The molecule has 8 heteroatoms. The quantitative estimate of drug-likeness (QED) is 0.563. The SMILES string of the molecule is COCCC(=O)N1CCN(c2nc(C3CC3)c(-c3cccc(C(=O)OC)c3)c(C)c2C#N)CC1C. The zero-order valence-corrected chi connectivity index (χ0v) is 20.8. The van der Waals surface area contributed by atoms with Gasteiger partial charge < -0.3 is 19.3 Å². The molecule has 4 rings (SSSR count). The summed E-state index contributed by atoms with van der Waals surface area (Å²) in [5, 5.41) is 10.2. The van der Waals surface area contributed by atoms with Crippen molar-refractivity contribution in [1.29, 1.82) is 5.26 Å². The fourth-order valence-electron chi connectivity index (χ4n) is 4.86. The van der Waals surface area contributed by atoms with Gasteiger partial charge in [0.2, 0.25) is 5.91 Å². The van der Waals surface area contributed by atoms with Crippen molar-refractivity contribution in [3.05, 3.63) is 46.6 Å². The van der Waals surface area contributed by atoms with E-state index in [1.165, 1.54) is 7.11 Å². The summed E-state index contributed by atoms with van der Waals surface area (Å²) < 4.78 is 9.96. The van der Waals surface area contributed by atoms with E-state index in [9.17, 15) is 14.9 Å². The van der Waals surface area contributed by atoms with Crippen molar-refractivity contribution in [1.82, 2.24) is 9.88 Å². The second-order valence-electron chi connectivity index (χ2n) is 9.28. The van der Waals surface area contributed by atoms with E-state index in [1.54, 1.807) is 13.2 Å². The number of methoxy groups -OCH3 is 2. The van der Waals surface area contributed by atoms with E-state index in [1.807, 2.05) is 36.9 Å². The average Bonchev–Trinajstić information content (AvgIpc) is 3.71. The van der Waals surface area contributed by atoms with Crippen molar-refractivity contribution in [2.75, 3.05) is 45.4 Å². The second kappa shape index (κ2) is 10.4. The summed E-state index contributed by atoms with van der Waals surface area (Å²) in [6.07, 6.45) is 2.48. The number of esters is 1. The molecule has 0 bridgehead atoms. The van der Waals surface area contributed by atoms with E-state index in [2.05, 4.69) is 11.0 Å². The lowest BCUT2D eigenvalue weighted by atomic mass is 9.92. The van der Waals surface area contributed by atoms with Crippen molar-refractivity contribution >= 4 is 17.7 Å². The number of piperazine rings is 1. The van der Waals surface area contributed by atoms with Crippen LogP contribution in [0.25, 0.3) is 11.1 Å². The lowest BCUT2D eigenvalue weighted by Gasteiger charge is -2.41. The van der Waals surface area contributed by atoms with E-state index in [0.717, 1.165) is 35.2 Å². The Morgan fingerprint density at radius 2 is 2.00 bits per heavy atom. The maximum absolute atomic E-state index is 12.6. The Balaban J connectivity index is 1.71. The van der Waals surface area contributed by atoms with Crippen LogP contribution in [0.15, 0.2) is 24.3 Å². The lowest BCUT2D eigenvalue weighted by molar-refractivity contribution is -0.134. The van der Waals surface area contributed by atoms with Crippen LogP contribution in [0.2, 0.25) is 0 Å². The van der Waals surface area contributed by atoms with E-state index >= 15 is 0 Å². The average molecular weight is 477 g/mol. The molecule has 0 radical (unpaired) electrons. The Morgan fingerprint density at radius 3 is 2.63 bits per heavy atom. The molecule has 2 aromatic rings. The predicted molar refractivity (Wildman–Crippen MR) is 132 cm³/mol. The number of nitrogens with zero attached hydrogens (tertiary/aromatic N) is 4. The van der Waals surface area contributed by atoms with Gasteiger partial charge in [0.1, 0.15) is 11.9 Å². The Labute approximate surface area is 206 Å². The predicted octanol–water partition coefficient (Wildman–Crippen LogP) is 3.67. The van der Waals surface area contributed by atoms with Crippen LogP contribution in [0.1, 0.15) is 59.3 Å². The van der Waals surface area contributed by atoms with Crippen molar-refractivity contribution < 1.29 is 19.1 Å². The zero-order valence-electron chi connectivity index (χ0n) is 20.8. The number of benzene rings is 1. The number of pyridine rings is 1. The highest BCUT2D eigenvalue weighted by Gasteiger charge is 2.34. The van der Waals surface area contributed by atoms with E-state index in [0.29, 0.717) is 55.5 Å². The summed E-state index contributed by atoms with van der Waals surface area (Å²) in [5.74, 6) is 0.722. The highest BCUT2D eigenvalue weighted by molar-refractivity contribution is 5.91. The molecule has 184 valence electrons. The molecule has 1 unspecified atom stereocenters. The van der Waals surface area contributed by atoms with Gasteiger partial charge in [-0.05, 0) is 49.9 Å². The number of ether oxygens (including phenoxy) is 2. The van der Waals surface area contributed by atoms with Gasteiger partial charge >= 0.3 is 5.97 Å². The molecule has 35 heavy (non-hydrogen) atoms. The molecule has 1 saturated heterocycles. The molecule has 1 amide bonds. The number of carbonyl (C=O) groups is 2. The molecule has 1 aliphatic carbocycles. The van der Waals surface area contributed by atoms with Crippen LogP contribution in [0.3, 0.4) is 0 Å². The minimum absolute atomic E-state index is 0.00236. The second-order valence-corrected chi connectivity index (χ2v) is 9.28. The van der Waals surface area contributed by atoms with E-state index < -0.39 is 5.97 Å². The van der Waals surface area contributed by atoms with Gasteiger partial charge in [-0.3, -0.25) is 4.79 Å². The Bertz CT molecular complexity index is 1170. The van der Waals surface area contributed by atoms with Gasteiger partial charge in [0.05, 0.1) is 37.0 Å². The Kier molecular flexibility index (Phi) is 7.37. The van der Waals surface area contributed by atoms with Gasteiger partial charge in [-0.1, -0.05) is 12.1 Å². The first kappa shape index (κ1) is 24.7. The first-order chi connectivity index (χ1) is 16.9. The molecule has 2 heterocycles. The number of anilines is 1. The third kappa shape index (κ3) is 5.01. The number of hydrogen-bond acceptors (Lipinski definition) is 7. The first-order valence-electron chi connectivity index (χ1n) is 12.1. The third-order valence-electron chi connectivity index (χ3n) is 6.87. The highest BCUT2D eigenvalue weighted by atomic mass is 16.5. The molecule has 1 aliphatic heterocycles. The number of amides is 1. The largest absolute Gasteiger partial charge is 0.465 e. The fourth-order valence-corrected chi connectivity index (χ4v) is 4.86. The minimum atomic E-state index is -0.394. The molecular weight excluding hydrogens is 444 g/mol. The van der Waals surface area contributed by atoms with Gasteiger partial charge in [0.25, 0.3) is 0 Å². The van der Waals surface area contributed by atoms with Crippen LogP contribution in [0, 0.1) is 18.3 Å². The standard InChI is InChI=1S/C27H32N4O4/c1-17-16-30(11-12-31(17)23(32)10-13-34-3)26-22(15-28)18(2)24(25(29-26)19-8-9-19)20-6-5-7-21(14-20)27(33)35-4/h5-7,14,17,19H,8-13,16H2,1-4H3. The fraction of sp³-hybridized carbons (Fsp3) is 0.481. The van der Waals surface area contributed by atoms with Crippen LogP contribution in [0.5, 0.6) is 0 Å². The van der Waals surface area contributed by atoms with Crippen molar-refractivity contribution in [2.24, 2.45) is 0 Å². The van der Waals surface area contributed by atoms with Crippen LogP contribution < -0.4 is 4.90 Å². The summed E-state index contributed by atoms with van der Waals surface area (Å²) in [6.45, 7) is 6.21. The molecule has 1 atom stereocenters. The molecule has 8 nitrogen and oxygen atoms in total. The van der Waals surface area contributed by atoms with Crippen molar-refractivity contribution in [3.8, 4) is 17.2 Å². The van der Waals surface area contributed by atoms with E-state index in [-0.39, 0.29) is 11.9 Å². The lowest BCUT2D eigenvalue weighted by Crippen LogP contribution is -2.54. The summed E-state index contributed by atoms with van der Waals surface area (Å²) >= 11 is 0. The van der Waals surface area contributed by atoms with Gasteiger partial charge in [0.15, 0.2) is 0 Å². The van der Waals surface area contributed by atoms with Gasteiger partial charge in [0, 0.05) is 44.3 Å². The number of nitriles is 1. The molecule has 0 spiro atoms. The summed E-state index contributed by atoms with van der Waals surface area (Å²) in [6, 6.07) is 9.72. The number of rotatable bonds is 7. The van der Waals surface area contributed by atoms with Crippen LogP contribution in [-0.2, 0) is 14.3 Å². The number of carbonyl (C=O) groups excluding carboxylic acids is 2. The molecule has 2 fully saturated rings. The van der Waals surface area contributed by atoms with Crippen LogP contribution >= 0.6 is 0 Å². The van der Waals surface area contributed by atoms with Crippen molar-refractivity contribution in [3.63, 3.8) is 0 Å². The zero-order chi connectivity index (χ0) is 25.1. The highest BCUT2D eigenvalue weighted by Crippen LogP contribution is 2.46. The maximum atomic E-state index is 12.6. The Morgan fingerprint density at radius 1 is 1.23 bits per heavy atom. The topological polar surface area (TPSA) is 95.8 Å². The van der Waals surface area contributed by atoms with Gasteiger partial charge in [-0.25, -0.2) is 9.78 Å². The summed E-state index contributed by atoms with van der Waals surface area (Å²) in [4.78, 5) is 33.8. The van der Waals surface area contributed by atoms with Crippen LogP contribution in [-0.4, -0.2) is 68.3 Å². The molecule has 1 saturated carbocycles. The Hall–Kier alpha value is -3.44. The molecule has 0 N–H and O–H groups in total. The molecule has 1 aromatic carbocycles. The first-order valence-corrected chi connectivity index (χ1v) is 12.1. The summed E-state index contributed by atoms with van der Waals surface area (Å²) in [5.41, 5.74) is 4.65. The number of hydrogen-bond donors (Lipinski definition) is 0. The molecular formula is C27H32N4O4. The van der Waals surface area contributed by atoms with Gasteiger partial charge in [-0.2, -0.15) is 5.26 Å². The number of aromatic nitrogens is 1. The van der Waals surface area contributed by atoms with Crippen molar-refractivity contribution in [2.45, 2.75) is 45.1 Å². The maximum Gasteiger partial charge on any atom is 0.337 e. The van der Waals surface area contributed by atoms with Gasteiger partial charge in [-0.15, -0.1) is 0 Å².